The van der Waals surface area contributed by atoms with E-state index in [-0.39, 0.29) is 90.6 Å². The van der Waals surface area contributed by atoms with Crippen LogP contribution in [0.5, 0.6) is 0 Å². The molecule has 2 fully saturated rings. The van der Waals surface area contributed by atoms with Crippen molar-refractivity contribution in [2.24, 2.45) is 11.8 Å². The molecule has 0 saturated carbocycles. The molecule has 2 saturated heterocycles. The zero-order chi connectivity index (χ0) is 32.2. The van der Waals surface area contributed by atoms with E-state index < -0.39 is 42.9 Å². The molecule has 4 unspecified atom stereocenters. The minimum absolute atomic E-state index is 0.00681. The Morgan fingerprint density at radius 2 is 1.20 bits per heavy atom. The van der Waals surface area contributed by atoms with Crippen LogP contribution in [0.15, 0.2) is 0 Å². The first-order valence-electron chi connectivity index (χ1n) is 16.0. The molecule has 14 heteroatoms. The second-order valence-corrected chi connectivity index (χ2v) is 11.1. The van der Waals surface area contributed by atoms with Gasteiger partial charge >= 0.3 is 0 Å². The van der Waals surface area contributed by atoms with Gasteiger partial charge in [0.15, 0.2) is 6.29 Å². The summed E-state index contributed by atoms with van der Waals surface area (Å²) in [6, 6.07) is 0. The van der Waals surface area contributed by atoms with Crippen molar-refractivity contribution in [2.75, 3.05) is 92.5 Å². The van der Waals surface area contributed by atoms with Gasteiger partial charge in [0.2, 0.25) is 0 Å². The Morgan fingerprint density at radius 3 is 1.89 bits per heavy atom. The first-order chi connectivity index (χ1) is 21.4. The molecule has 44 heavy (non-hydrogen) atoms. The highest BCUT2D eigenvalue weighted by atomic mass is 16.7. The van der Waals surface area contributed by atoms with Gasteiger partial charge in [-0.2, -0.15) is 0 Å². The molecule has 0 spiro atoms. The number of ether oxygens (including phenoxy) is 9. The van der Waals surface area contributed by atoms with Crippen molar-refractivity contribution in [2.45, 2.75) is 89.1 Å². The molecule has 10 atom stereocenters. The summed E-state index contributed by atoms with van der Waals surface area (Å²) in [6.07, 6.45) is -3.41. The summed E-state index contributed by atoms with van der Waals surface area (Å²) in [5.74, 6) is -0.506. The van der Waals surface area contributed by atoms with Crippen molar-refractivity contribution in [1.82, 2.24) is 0 Å². The molecule has 0 aromatic heterocycles. The normalized spacial score (nSPS) is 32.7. The Balaban J connectivity index is 2.26. The minimum Gasteiger partial charge on any atom is -0.394 e. The van der Waals surface area contributed by atoms with Crippen LogP contribution in [-0.2, 0) is 42.6 Å². The van der Waals surface area contributed by atoms with Crippen molar-refractivity contribution in [3.8, 4) is 0 Å². The lowest BCUT2D eigenvalue weighted by Gasteiger charge is -2.49. The van der Waals surface area contributed by atoms with Gasteiger partial charge in [-0.1, -0.05) is 13.8 Å². The lowest BCUT2D eigenvalue weighted by molar-refractivity contribution is -0.343. The molecule has 0 aliphatic carbocycles. The highest BCUT2D eigenvalue weighted by Crippen LogP contribution is 2.36. The van der Waals surface area contributed by atoms with Crippen LogP contribution in [0.1, 0.15) is 40.0 Å². The summed E-state index contributed by atoms with van der Waals surface area (Å²) in [6.45, 7) is 7.69. The third-order valence-electron chi connectivity index (χ3n) is 7.82. The van der Waals surface area contributed by atoms with Gasteiger partial charge in [-0.05, 0) is 26.2 Å². The second kappa shape index (κ2) is 23.7. The summed E-state index contributed by atoms with van der Waals surface area (Å²) < 4.78 is 53.6. The summed E-state index contributed by atoms with van der Waals surface area (Å²) in [5.41, 5.74) is 0. The first kappa shape index (κ1) is 39.6. The minimum atomic E-state index is -1.05. The highest BCUT2D eigenvalue weighted by molar-refractivity contribution is 4.95. The number of aliphatic hydroxyl groups is 5. The quantitative estimate of drug-likeness (QED) is 0.0803. The maximum Gasteiger partial charge on any atom is 0.187 e. The average Bonchev–Trinajstić information content (AvgIpc) is 3.01. The molecular formula is C30H58O14. The van der Waals surface area contributed by atoms with Gasteiger partial charge in [0.25, 0.3) is 0 Å². The van der Waals surface area contributed by atoms with Gasteiger partial charge in [-0.3, -0.25) is 0 Å². The molecule has 2 aliphatic rings. The van der Waals surface area contributed by atoms with Gasteiger partial charge < -0.3 is 68.2 Å². The summed E-state index contributed by atoms with van der Waals surface area (Å²) >= 11 is 0. The number of aliphatic hydroxyl groups excluding tert-OH is 5. The van der Waals surface area contributed by atoms with E-state index in [9.17, 15) is 20.4 Å². The van der Waals surface area contributed by atoms with Crippen LogP contribution in [0.4, 0.5) is 0 Å². The molecule has 2 heterocycles. The van der Waals surface area contributed by atoms with E-state index in [0.29, 0.717) is 26.2 Å². The van der Waals surface area contributed by atoms with Gasteiger partial charge in [0.1, 0.15) is 18.3 Å². The van der Waals surface area contributed by atoms with Gasteiger partial charge in [-0.15, -0.1) is 0 Å². The monoisotopic (exact) mass is 642 g/mol. The van der Waals surface area contributed by atoms with Crippen LogP contribution in [0, 0.1) is 11.8 Å². The fourth-order valence-electron chi connectivity index (χ4n) is 5.61. The van der Waals surface area contributed by atoms with E-state index in [1.165, 1.54) is 0 Å². The third kappa shape index (κ3) is 13.3. The Hall–Kier alpha value is -0.560. The molecule has 5 N–H and O–H groups in total. The number of hydrogen-bond acceptors (Lipinski definition) is 14. The maximum absolute atomic E-state index is 11.7. The molecule has 2 aliphatic heterocycles. The first-order valence-corrected chi connectivity index (χ1v) is 16.0. The lowest BCUT2D eigenvalue weighted by atomic mass is 9.84. The predicted octanol–water partition coefficient (Wildman–Crippen LogP) is -0.507. The molecular weight excluding hydrogens is 584 g/mol. The SMILES string of the molecule is CCCOCCCC1[C@H](C)OC(COCCO)[C@@H](O[C@@H]2OC(COCCOCCO)[C@@H](C)[C@H](OCCO)C2OCCO)[C@@H]1O. The number of hydrogen-bond donors (Lipinski definition) is 5. The van der Waals surface area contributed by atoms with Gasteiger partial charge in [0.05, 0.1) is 104 Å². The molecule has 0 aromatic rings. The summed E-state index contributed by atoms with van der Waals surface area (Å²) in [5, 5.41) is 48.9. The van der Waals surface area contributed by atoms with E-state index in [2.05, 4.69) is 6.92 Å². The predicted molar refractivity (Wildman–Crippen MR) is 157 cm³/mol. The van der Waals surface area contributed by atoms with Crippen LogP contribution in [-0.4, -0.2) is 167 Å². The molecule has 0 amide bonds. The van der Waals surface area contributed by atoms with Crippen molar-refractivity contribution in [3.05, 3.63) is 0 Å². The third-order valence-corrected chi connectivity index (χ3v) is 7.82. The Bertz CT molecular complexity index is 690. The highest BCUT2D eigenvalue weighted by Gasteiger charge is 2.51. The standard InChI is InChI=1S/C30H58O14/c1-4-11-36-12-5-6-23-22(3)42-25(20-38-14-8-32)28(26(23)35)44-30-29(41-16-10-34)27(40-15-9-33)21(2)24(43-30)19-39-18-17-37-13-7-31/h21-35H,4-20H2,1-3H3/t21-,22+,23?,24?,25?,26-,27+,28-,29?,30+/m1/s1. The van der Waals surface area contributed by atoms with Crippen LogP contribution < -0.4 is 0 Å². The molecule has 0 radical (unpaired) electrons. The van der Waals surface area contributed by atoms with Crippen molar-refractivity contribution >= 4 is 0 Å². The van der Waals surface area contributed by atoms with E-state index >= 15 is 0 Å². The molecule has 14 nitrogen and oxygen atoms in total. The van der Waals surface area contributed by atoms with E-state index in [4.69, 9.17) is 47.7 Å². The van der Waals surface area contributed by atoms with E-state index in [1.54, 1.807) is 0 Å². The van der Waals surface area contributed by atoms with E-state index in [1.807, 2.05) is 13.8 Å². The second-order valence-electron chi connectivity index (χ2n) is 11.1. The van der Waals surface area contributed by atoms with Gasteiger partial charge in [0, 0.05) is 25.0 Å². The molecule has 0 bridgehead atoms. The van der Waals surface area contributed by atoms with Crippen LogP contribution >= 0.6 is 0 Å². The average molecular weight is 643 g/mol. The molecule has 2 rings (SSSR count). The maximum atomic E-state index is 11.7. The zero-order valence-corrected chi connectivity index (χ0v) is 26.7. The number of rotatable bonds is 25. The largest absolute Gasteiger partial charge is 0.394 e. The Kier molecular flexibility index (Phi) is 21.4. The fraction of sp³-hybridized carbons (Fsp3) is 1.00. The lowest BCUT2D eigenvalue weighted by Crippen LogP contribution is -2.62. The van der Waals surface area contributed by atoms with Crippen molar-refractivity contribution in [1.29, 1.82) is 0 Å². The fourth-order valence-corrected chi connectivity index (χ4v) is 5.61. The molecule has 0 aromatic carbocycles. The Labute approximate surface area is 261 Å². The van der Waals surface area contributed by atoms with Crippen molar-refractivity contribution in [3.63, 3.8) is 0 Å². The van der Waals surface area contributed by atoms with E-state index in [0.717, 1.165) is 12.8 Å². The van der Waals surface area contributed by atoms with Crippen LogP contribution in [0.2, 0.25) is 0 Å². The Morgan fingerprint density at radius 1 is 0.614 bits per heavy atom. The van der Waals surface area contributed by atoms with Crippen LogP contribution in [0.25, 0.3) is 0 Å². The topological polar surface area (TPSA) is 184 Å². The smallest absolute Gasteiger partial charge is 0.187 e. The van der Waals surface area contributed by atoms with Crippen molar-refractivity contribution < 1.29 is 68.2 Å². The summed E-state index contributed by atoms with van der Waals surface area (Å²) in [7, 11) is 0. The van der Waals surface area contributed by atoms with Gasteiger partial charge in [-0.25, -0.2) is 0 Å². The molecule has 262 valence electrons. The zero-order valence-electron chi connectivity index (χ0n) is 26.7. The van der Waals surface area contributed by atoms with Crippen LogP contribution in [0.3, 0.4) is 0 Å². The summed E-state index contributed by atoms with van der Waals surface area (Å²) in [4.78, 5) is 0.